The molecule has 5 heteroatoms. The molecule has 0 aromatic rings. The average Bonchev–Trinajstić information content (AvgIpc) is 2.51. The van der Waals surface area contributed by atoms with Crippen LogP contribution in [0.4, 0.5) is 0 Å². The van der Waals surface area contributed by atoms with E-state index in [1.807, 2.05) is 27.7 Å². The zero-order valence-corrected chi connectivity index (χ0v) is 12.2. The zero-order chi connectivity index (χ0) is 16.3. The second-order valence-corrected chi connectivity index (χ2v) is 5.79. The maximum absolute atomic E-state index is 10.4. The lowest BCUT2D eigenvalue weighted by molar-refractivity contribution is -0.137. The van der Waals surface area contributed by atoms with Gasteiger partial charge in [-0.05, 0) is 46.9 Å². The standard InChI is InChI=1S/C14H25BO4/c1-13(2)14(3,4)19-15(18-13)11-9-7-5-6-8-10-12(16)17/h9,11H,5-8,10H2,1-4H3,(H,16,17)/b11-9+/i7D2. The van der Waals surface area contributed by atoms with Gasteiger partial charge in [0.2, 0.25) is 0 Å². The first-order valence-corrected chi connectivity index (χ1v) is 6.72. The molecule has 0 bridgehead atoms. The number of carboxylic acids is 1. The number of carbonyl (C=O) groups is 1. The molecule has 1 aliphatic heterocycles. The summed E-state index contributed by atoms with van der Waals surface area (Å²) in [5, 5.41) is 8.55. The molecule has 0 saturated carbocycles. The summed E-state index contributed by atoms with van der Waals surface area (Å²) in [7, 11) is -0.552. The summed E-state index contributed by atoms with van der Waals surface area (Å²) in [6.07, 6.45) is 1.36. The monoisotopic (exact) mass is 270 g/mol. The van der Waals surface area contributed by atoms with Crippen LogP contribution in [0.2, 0.25) is 0 Å². The Morgan fingerprint density at radius 1 is 1.21 bits per heavy atom. The normalized spacial score (nSPS) is 23.5. The van der Waals surface area contributed by atoms with Crippen LogP contribution >= 0.6 is 0 Å². The molecule has 1 fully saturated rings. The molecule has 1 heterocycles. The molecule has 0 spiro atoms. The van der Waals surface area contributed by atoms with E-state index in [4.69, 9.17) is 17.2 Å². The molecule has 19 heavy (non-hydrogen) atoms. The average molecular weight is 270 g/mol. The number of aliphatic carboxylic acids is 1. The van der Waals surface area contributed by atoms with E-state index in [0.717, 1.165) is 0 Å². The summed E-state index contributed by atoms with van der Waals surface area (Å²) in [6.45, 7) is 7.78. The Balaban J connectivity index is 2.46. The van der Waals surface area contributed by atoms with Crippen LogP contribution in [-0.4, -0.2) is 29.4 Å². The molecule has 0 unspecified atom stereocenters. The summed E-state index contributed by atoms with van der Waals surface area (Å²) in [4.78, 5) is 10.4. The van der Waals surface area contributed by atoms with Crippen molar-refractivity contribution < 1.29 is 22.0 Å². The van der Waals surface area contributed by atoms with Crippen molar-refractivity contribution in [1.29, 1.82) is 0 Å². The maximum Gasteiger partial charge on any atom is 0.486 e. The van der Waals surface area contributed by atoms with Crippen molar-refractivity contribution in [2.45, 2.75) is 71.0 Å². The number of carboxylic acid groups (broad SMARTS) is 1. The summed E-state index contributed by atoms with van der Waals surface area (Å²) in [5.41, 5.74) is -0.869. The van der Waals surface area contributed by atoms with E-state index in [0.29, 0.717) is 12.8 Å². The van der Waals surface area contributed by atoms with E-state index in [9.17, 15) is 4.79 Å². The highest BCUT2D eigenvalue weighted by atomic mass is 16.7. The van der Waals surface area contributed by atoms with Crippen molar-refractivity contribution in [2.24, 2.45) is 0 Å². The van der Waals surface area contributed by atoms with Crippen molar-refractivity contribution in [3.63, 3.8) is 0 Å². The van der Waals surface area contributed by atoms with Crippen molar-refractivity contribution in [1.82, 2.24) is 0 Å². The number of hydrogen-bond acceptors (Lipinski definition) is 3. The minimum Gasteiger partial charge on any atom is -0.481 e. The first-order valence-electron chi connectivity index (χ1n) is 7.72. The third kappa shape index (κ3) is 4.99. The maximum atomic E-state index is 10.4. The summed E-state index contributed by atoms with van der Waals surface area (Å²) < 4.78 is 27.3. The van der Waals surface area contributed by atoms with Crippen LogP contribution in [0.5, 0.6) is 0 Å². The summed E-state index contributed by atoms with van der Waals surface area (Å²) in [5.74, 6) is 0.761. The molecule has 4 nitrogen and oxygen atoms in total. The topological polar surface area (TPSA) is 55.8 Å². The lowest BCUT2D eigenvalue weighted by atomic mass is 9.89. The van der Waals surface area contributed by atoms with Crippen LogP contribution in [0.3, 0.4) is 0 Å². The first kappa shape index (κ1) is 13.2. The highest BCUT2D eigenvalue weighted by Crippen LogP contribution is 2.36. The Hall–Kier alpha value is -0.805. The van der Waals surface area contributed by atoms with E-state index >= 15 is 0 Å². The molecular weight excluding hydrogens is 243 g/mol. The van der Waals surface area contributed by atoms with Gasteiger partial charge < -0.3 is 14.4 Å². The van der Waals surface area contributed by atoms with E-state index in [2.05, 4.69) is 0 Å². The Bertz CT molecular complexity index is 392. The molecule has 0 aliphatic carbocycles. The highest BCUT2D eigenvalue weighted by molar-refractivity contribution is 6.51. The minimum absolute atomic E-state index is 0.0804. The van der Waals surface area contributed by atoms with E-state index < -0.39 is 30.7 Å². The second-order valence-electron chi connectivity index (χ2n) is 5.79. The Kier molecular flexibility index (Phi) is 4.56. The van der Waals surface area contributed by atoms with E-state index in [1.54, 1.807) is 5.98 Å². The quantitative estimate of drug-likeness (QED) is 0.570. The van der Waals surface area contributed by atoms with Crippen LogP contribution < -0.4 is 0 Å². The molecule has 0 amide bonds. The fourth-order valence-corrected chi connectivity index (χ4v) is 1.70. The third-order valence-electron chi connectivity index (χ3n) is 3.60. The SMILES string of the molecule is [2H]C([2H])(/C=C/B1OC(C)(C)C(C)(C)O1)CCCCC(=O)O. The third-order valence-corrected chi connectivity index (χ3v) is 3.60. The van der Waals surface area contributed by atoms with Crippen molar-refractivity contribution in [3.05, 3.63) is 12.1 Å². The first-order chi connectivity index (χ1) is 9.45. The van der Waals surface area contributed by atoms with Crippen molar-refractivity contribution in [2.75, 3.05) is 0 Å². The molecule has 0 aromatic carbocycles. The van der Waals surface area contributed by atoms with Gasteiger partial charge in [0.25, 0.3) is 0 Å². The second kappa shape index (κ2) is 6.57. The summed E-state index contributed by atoms with van der Waals surface area (Å²) >= 11 is 0. The fourth-order valence-electron chi connectivity index (χ4n) is 1.70. The molecule has 108 valence electrons. The number of rotatable bonds is 7. The molecule has 1 rings (SSSR count). The van der Waals surface area contributed by atoms with Crippen LogP contribution in [0.1, 0.15) is 62.5 Å². The molecular formula is C14H25BO4. The smallest absolute Gasteiger partial charge is 0.481 e. The van der Waals surface area contributed by atoms with Crippen LogP contribution in [0, 0.1) is 0 Å². The molecule has 0 atom stereocenters. The van der Waals surface area contributed by atoms with Crippen molar-refractivity contribution in [3.8, 4) is 0 Å². The van der Waals surface area contributed by atoms with Gasteiger partial charge in [0.1, 0.15) is 0 Å². The number of hydrogen-bond donors (Lipinski definition) is 1. The molecule has 1 aliphatic rings. The molecule has 0 aromatic heterocycles. The number of allylic oxidation sites excluding steroid dienone is 1. The van der Waals surface area contributed by atoms with Gasteiger partial charge in [-0.25, -0.2) is 0 Å². The van der Waals surface area contributed by atoms with Gasteiger partial charge in [0.15, 0.2) is 0 Å². The predicted octanol–water partition coefficient (Wildman–Crippen LogP) is 3.21. The van der Waals surface area contributed by atoms with Gasteiger partial charge in [-0.3, -0.25) is 4.79 Å². The van der Waals surface area contributed by atoms with Gasteiger partial charge in [-0.2, -0.15) is 0 Å². The van der Waals surface area contributed by atoms with Gasteiger partial charge in [-0.15, -0.1) is 0 Å². The van der Waals surface area contributed by atoms with Gasteiger partial charge in [0, 0.05) is 9.16 Å². The Morgan fingerprint density at radius 2 is 1.79 bits per heavy atom. The predicted molar refractivity (Wildman–Crippen MR) is 75.9 cm³/mol. The van der Waals surface area contributed by atoms with Crippen LogP contribution in [0.15, 0.2) is 12.1 Å². The van der Waals surface area contributed by atoms with Crippen LogP contribution in [-0.2, 0) is 14.1 Å². The number of unbranched alkanes of at least 4 members (excludes halogenated alkanes) is 1. The molecule has 1 saturated heterocycles. The van der Waals surface area contributed by atoms with Gasteiger partial charge >= 0.3 is 13.1 Å². The lowest BCUT2D eigenvalue weighted by Crippen LogP contribution is -2.41. The molecule has 0 radical (unpaired) electrons. The minimum atomic E-state index is -1.48. The van der Waals surface area contributed by atoms with Crippen LogP contribution in [0.25, 0.3) is 0 Å². The van der Waals surface area contributed by atoms with E-state index in [1.165, 1.54) is 6.08 Å². The highest BCUT2D eigenvalue weighted by Gasteiger charge is 2.49. The van der Waals surface area contributed by atoms with E-state index in [-0.39, 0.29) is 12.8 Å². The summed E-state index contributed by atoms with van der Waals surface area (Å²) in [6, 6.07) is 0. The Morgan fingerprint density at radius 3 is 2.32 bits per heavy atom. The fraction of sp³-hybridized carbons (Fsp3) is 0.786. The molecule has 1 N–H and O–H groups in total. The zero-order valence-electron chi connectivity index (χ0n) is 14.2. The Labute approximate surface area is 119 Å². The van der Waals surface area contributed by atoms with Crippen molar-refractivity contribution >= 4 is 13.1 Å². The van der Waals surface area contributed by atoms with Gasteiger partial charge in [-0.1, -0.05) is 18.5 Å². The largest absolute Gasteiger partial charge is 0.486 e. The lowest BCUT2D eigenvalue weighted by Gasteiger charge is -2.32. The van der Waals surface area contributed by atoms with Gasteiger partial charge in [0.05, 0.1) is 11.2 Å².